The van der Waals surface area contributed by atoms with Crippen LogP contribution in [0.2, 0.25) is 0 Å². The number of carbonyl (C=O) groups excluding carboxylic acids is 1. The minimum absolute atomic E-state index is 0.149. The maximum atomic E-state index is 13.4. The van der Waals surface area contributed by atoms with Gasteiger partial charge in [-0.25, -0.2) is 0 Å². The molecule has 0 saturated carbocycles. The first-order chi connectivity index (χ1) is 15.7. The number of ether oxygens (including phenoxy) is 2. The lowest BCUT2D eigenvalue weighted by molar-refractivity contribution is -0.114. The van der Waals surface area contributed by atoms with Crippen molar-refractivity contribution in [1.82, 2.24) is 0 Å². The molecule has 3 aromatic carbocycles. The van der Waals surface area contributed by atoms with Crippen molar-refractivity contribution in [2.75, 3.05) is 18.2 Å². The first-order valence-corrected chi connectivity index (χ1v) is 10.3. The molecule has 0 atom stereocenters. The van der Waals surface area contributed by atoms with Crippen molar-refractivity contribution >= 4 is 23.4 Å². The summed E-state index contributed by atoms with van der Waals surface area (Å²) in [4.78, 5) is 13.4. The molecular formula is C27H22N2O3. The topological polar surface area (TPSA) is 51.1 Å². The molecule has 0 spiro atoms. The van der Waals surface area contributed by atoms with Crippen molar-refractivity contribution in [1.29, 1.82) is 0 Å². The van der Waals surface area contributed by atoms with Gasteiger partial charge in [0.25, 0.3) is 5.91 Å². The highest BCUT2D eigenvalue weighted by atomic mass is 16.5. The van der Waals surface area contributed by atoms with Gasteiger partial charge in [-0.3, -0.25) is 4.79 Å². The Morgan fingerprint density at radius 1 is 0.969 bits per heavy atom. The van der Waals surface area contributed by atoms with Gasteiger partial charge >= 0.3 is 0 Å². The first kappa shape index (κ1) is 21.0. The zero-order valence-electron chi connectivity index (χ0n) is 17.7. The molecule has 4 rings (SSSR count). The Bertz CT molecular complexity index is 1210. The third kappa shape index (κ3) is 4.40. The van der Waals surface area contributed by atoms with Crippen molar-refractivity contribution in [3.8, 4) is 23.8 Å². The number of amides is 1. The van der Waals surface area contributed by atoms with Gasteiger partial charge < -0.3 is 9.47 Å². The molecule has 3 aromatic rings. The summed E-state index contributed by atoms with van der Waals surface area (Å²) in [6, 6.07) is 24.5. The average molecular weight is 422 g/mol. The minimum Gasteiger partial charge on any atom is -0.490 e. The minimum atomic E-state index is -0.194. The van der Waals surface area contributed by atoms with Crippen molar-refractivity contribution < 1.29 is 14.3 Å². The third-order valence-corrected chi connectivity index (χ3v) is 4.82. The van der Waals surface area contributed by atoms with E-state index < -0.39 is 0 Å². The SMILES string of the molecule is C#CCOc1ccc(/C=C2\C(=O)N(c3ccccc3)N=C2c2ccccc2)cc1OCC. The molecule has 0 unspecified atom stereocenters. The molecule has 1 aliphatic heterocycles. The first-order valence-electron chi connectivity index (χ1n) is 10.3. The average Bonchev–Trinajstić information content (AvgIpc) is 3.16. The van der Waals surface area contributed by atoms with Gasteiger partial charge in [0.2, 0.25) is 0 Å². The fourth-order valence-electron chi connectivity index (χ4n) is 3.39. The standard InChI is InChI=1S/C27H22N2O3/c1-3-17-32-24-16-15-20(19-25(24)31-4-2)18-23-26(21-11-7-5-8-12-21)28-29(27(23)30)22-13-9-6-10-14-22/h1,5-16,18-19H,4,17H2,2H3/b23-18-. The van der Waals surface area contributed by atoms with Gasteiger partial charge in [0, 0.05) is 5.56 Å². The van der Waals surface area contributed by atoms with E-state index in [0.717, 1.165) is 11.1 Å². The van der Waals surface area contributed by atoms with Crippen LogP contribution in [-0.2, 0) is 4.79 Å². The van der Waals surface area contributed by atoms with E-state index in [-0.39, 0.29) is 12.5 Å². The number of benzene rings is 3. The van der Waals surface area contributed by atoms with E-state index in [9.17, 15) is 4.79 Å². The molecular weight excluding hydrogens is 400 g/mol. The fourth-order valence-corrected chi connectivity index (χ4v) is 3.39. The Labute approximate surface area is 187 Å². The van der Waals surface area contributed by atoms with Crippen molar-refractivity contribution in [3.05, 3.63) is 95.6 Å². The Balaban J connectivity index is 1.77. The molecule has 0 N–H and O–H groups in total. The van der Waals surface area contributed by atoms with Crippen LogP contribution in [-0.4, -0.2) is 24.8 Å². The second-order valence-electron chi connectivity index (χ2n) is 6.96. The predicted octanol–water partition coefficient (Wildman–Crippen LogP) is 4.93. The summed E-state index contributed by atoms with van der Waals surface area (Å²) in [7, 11) is 0. The van der Waals surface area contributed by atoms with Gasteiger partial charge in [0.1, 0.15) is 12.3 Å². The normalized spacial score (nSPS) is 14.2. The summed E-state index contributed by atoms with van der Waals surface area (Å²) >= 11 is 0. The Morgan fingerprint density at radius 3 is 2.38 bits per heavy atom. The van der Waals surface area contributed by atoms with E-state index in [2.05, 4.69) is 11.0 Å². The van der Waals surface area contributed by atoms with Crippen molar-refractivity contribution in [3.63, 3.8) is 0 Å². The molecule has 1 aliphatic rings. The van der Waals surface area contributed by atoms with Crippen LogP contribution in [0.5, 0.6) is 11.5 Å². The molecule has 1 amide bonds. The number of rotatable bonds is 7. The molecule has 0 aliphatic carbocycles. The summed E-state index contributed by atoms with van der Waals surface area (Å²) in [5.41, 5.74) is 3.49. The second kappa shape index (κ2) is 9.67. The van der Waals surface area contributed by atoms with Gasteiger partial charge in [0.15, 0.2) is 11.5 Å². The number of hydrazone groups is 1. The molecule has 0 radical (unpaired) electrons. The highest BCUT2D eigenvalue weighted by molar-refractivity contribution is 6.37. The highest BCUT2D eigenvalue weighted by Crippen LogP contribution is 2.32. The fraction of sp³-hybridized carbons (Fsp3) is 0.111. The Kier molecular flexibility index (Phi) is 6.33. The predicted molar refractivity (Wildman–Crippen MR) is 127 cm³/mol. The van der Waals surface area contributed by atoms with Crippen LogP contribution >= 0.6 is 0 Å². The number of hydrogen-bond donors (Lipinski definition) is 0. The van der Waals surface area contributed by atoms with Crippen molar-refractivity contribution in [2.24, 2.45) is 5.10 Å². The smallest absolute Gasteiger partial charge is 0.281 e. The molecule has 0 bridgehead atoms. The van der Waals surface area contributed by atoms with Crippen LogP contribution in [0.3, 0.4) is 0 Å². The number of hydrogen-bond acceptors (Lipinski definition) is 4. The maximum Gasteiger partial charge on any atom is 0.281 e. The number of anilines is 1. The molecule has 5 nitrogen and oxygen atoms in total. The molecule has 158 valence electrons. The molecule has 1 heterocycles. The van der Waals surface area contributed by atoms with Gasteiger partial charge in [-0.1, -0.05) is 60.5 Å². The van der Waals surface area contributed by atoms with E-state index in [0.29, 0.717) is 35.1 Å². The van der Waals surface area contributed by atoms with Gasteiger partial charge in [-0.05, 0) is 42.8 Å². The van der Waals surface area contributed by atoms with E-state index in [1.807, 2.05) is 85.8 Å². The summed E-state index contributed by atoms with van der Waals surface area (Å²) < 4.78 is 11.3. The van der Waals surface area contributed by atoms with Crippen LogP contribution in [0, 0.1) is 12.3 Å². The van der Waals surface area contributed by atoms with Gasteiger partial charge in [0.05, 0.1) is 17.9 Å². The van der Waals surface area contributed by atoms with E-state index >= 15 is 0 Å². The third-order valence-electron chi connectivity index (χ3n) is 4.82. The summed E-state index contributed by atoms with van der Waals surface area (Å²) in [5, 5.41) is 6.09. The van der Waals surface area contributed by atoms with E-state index in [1.54, 1.807) is 6.07 Å². The lowest BCUT2D eigenvalue weighted by Gasteiger charge is -2.12. The zero-order chi connectivity index (χ0) is 22.3. The largest absolute Gasteiger partial charge is 0.490 e. The Morgan fingerprint density at radius 2 is 1.69 bits per heavy atom. The van der Waals surface area contributed by atoms with Crippen LogP contribution in [0.1, 0.15) is 18.1 Å². The van der Waals surface area contributed by atoms with E-state index in [4.69, 9.17) is 15.9 Å². The molecule has 0 saturated heterocycles. The number of carbonyl (C=O) groups is 1. The van der Waals surface area contributed by atoms with Crippen LogP contribution < -0.4 is 14.5 Å². The van der Waals surface area contributed by atoms with E-state index in [1.165, 1.54) is 5.01 Å². The van der Waals surface area contributed by atoms with Crippen LogP contribution in [0.4, 0.5) is 5.69 Å². The summed E-state index contributed by atoms with van der Waals surface area (Å²) in [6.07, 6.45) is 7.13. The molecule has 0 aromatic heterocycles. The lowest BCUT2D eigenvalue weighted by atomic mass is 10.00. The second-order valence-corrected chi connectivity index (χ2v) is 6.96. The molecule has 5 heteroatoms. The van der Waals surface area contributed by atoms with Crippen molar-refractivity contribution in [2.45, 2.75) is 6.92 Å². The highest BCUT2D eigenvalue weighted by Gasteiger charge is 2.32. The quantitative estimate of drug-likeness (QED) is 0.401. The zero-order valence-corrected chi connectivity index (χ0v) is 17.7. The molecule has 32 heavy (non-hydrogen) atoms. The number of terminal acetylenes is 1. The summed E-state index contributed by atoms with van der Waals surface area (Å²) in [6.45, 7) is 2.52. The number of para-hydroxylation sites is 1. The Hall–Kier alpha value is -4.30. The lowest BCUT2D eigenvalue weighted by Crippen LogP contribution is -2.21. The summed E-state index contributed by atoms with van der Waals surface area (Å²) in [5.74, 6) is 3.39. The van der Waals surface area contributed by atoms with Gasteiger partial charge in [-0.2, -0.15) is 10.1 Å². The maximum absolute atomic E-state index is 13.4. The monoisotopic (exact) mass is 422 g/mol. The van der Waals surface area contributed by atoms with Gasteiger partial charge in [-0.15, -0.1) is 6.42 Å². The molecule has 0 fully saturated rings. The number of nitrogens with zero attached hydrogens (tertiary/aromatic N) is 2. The van der Waals surface area contributed by atoms with Crippen LogP contribution in [0.15, 0.2) is 89.5 Å². The van der Waals surface area contributed by atoms with Crippen LogP contribution in [0.25, 0.3) is 6.08 Å².